The Kier molecular flexibility index (Phi) is 5.24. The normalized spacial score (nSPS) is 11.9. The highest BCUT2D eigenvalue weighted by Crippen LogP contribution is 2.36. The Morgan fingerprint density at radius 2 is 1.85 bits per heavy atom. The zero-order valence-corrected chi connectivity index (χ0v) is 17.2. The lowest BCUT2D eigenvalue weighted by Gasteiger charge is -2.23. The topological polar surface area (TPSA) is 56.3 Å². The van der Waals surface area contributed by atoms with E-state index in [9.17, 15) is 4.39 Å². The lowest BCUT2D eigenvalue weighted by molar-refractivity contribution is 0.133. The summed E-state index contributed by atoms with van der Waals surface area (Å²) in [5.74, 6) is 0.205. The predicted molar refractivity (Wildman–Crippen MR) is 109 cm³/mol. The zero-order chi connectivity index (χ0) is 19.8. The minimum Gasteiger partial charge on any atom is -0.494 e. The molecule has 3 rings (SSSR count). The molecule has 0 saturated heterocycles. The number of fused-ring (bicyclic) bond motifs is 1. The third kappa shape index (κ3) is 4.30. The van der Waals surface area contributed by atoms with Crippen molar-refractivity contribution in [1.82, 2.24) is 9.97 Å². The van der Waals surface area contributed by atoms with E-state index < -0.39 is 11.4 Å². The first-order chi connectivity index (χ1) is 12.7. The Balaban J connectivity index is 2.17. The number of rotatable bonds is 5. The van der Waals surface area contributed by atoms with Crippen molar-refractivity contribution in [3.05, 3.63) is 29.4 Å². The van der Waals surface area contributed by atoms with Gasteiger partial charge in [0, 0.05) is 22.9 Å². The van der Waals surface area contributed by atoms with Gasteiger partial charge in [0.25, 0.3) is 0 Å². The molecule has 144 valence electrons. The average Bonchev–Trinajstić information content (AvgIpc) is 3.02. The largest absolute Gasteiger partial charge is 0.494 e. The number of methoxy groups -OCH3 is 1. The number of benzene rings is 1. The molecular weight excluding hydrogens is 365 g/mol. The van der Waals surface area contributed by atoms with Gasteiger partial charge in [0.05, 0.1) is 12.8 Å². The van der Waals surface area contributed by atoms with Crippen molar-refractivity contribution in [1.29, 1.82) is 0 Å². The van der Waals surface area contributed by atoms with E-state index in [1.807, 2.05) is 46.1 Å². The number of pyridine rings is 1. The Labute approximate surface area is 162 Å². The summed E-state index contributed by atoms with van der Waals surface area (Å²) < 4.78 is 26.1. The number of ether oxygens (including phenoxy) is 2. The van der Waals surface area contributed by atoms with Gasteiger partial charge in [-0.2, -0.15) is 0 Å². The third-order valence-corrected chi connectivity index (χ3v) is 4.43. The summed E-state index contributed by atoms with van der Waals surface area (Å²) in [7, 11) is 1.44. The van der Waals surface area contributed by atoms with Crippen molar-refractivity contribution in [2.75, 3.05) is 12.4 Å². The second-order valence-electron chi connectivity index (χ2n) is 7.53. The van der Waals surface area contributed by atoms with Crippen molar-refractivity contribution in [3.8, 4) is 22.9 Å². The molecule has 0 aliphatic carbocycles. The molecule has 0 saturated carbocycles. The van der Waals surface area contributed by atoms with Gasteiger partial charge in [0.15, 0.2) is 16.7 Å². The van der Waals surface area contributed by atoms with E-state index in [0.29, 0.717) is 22.5 Å². The number of nitrogens with zero attached hydrogens (tertiary/aromatic N) is 2. The monoisotopic (exact) mass is 389 g/mol. The Hall–Kier alpha value is -2.41. The van der Waals surface area contributed by atoms with E-state index in [2.05, 4.69) is 15.3 Å². The number of thiazole rings is 1. The van der Waals surface area contributed by atoms with Crippen LogP contribution in [0, 0.1) is 5.82 Å². The summed E-state index contributed by atoms with van der Waals surface area (Å²) in [6, 6.07) is 5.44. The standard InChI is InChI=1S/C20H24FN3O2S/c1-11(2)22-19-24-14(10-27-19)13-9-16(26-20(3,4)5)12-7-8-15(25-6)17(21)18(12)23-13/h7-11H,1-6H3,(H,22,24). The second-order valence-corrected chi connectivity index (χ2v) is 8.39. The maximum absolute atomic E-state index is 14.9. The number of aromatic nitrogens is 2. The summed E-state index contributed by atoms with van der Waals surface area (Å²) in [5.41, 5.74) is 0.999. The Bertz CT molecular complexity index is 964. The molecule has 0 bridgehead atoms. The maximum atomic E-state index is 14.9. The second kappa shape index (κ2) is 7.31. The van der Waals surface area contributed by atoms with Crippen molar-refractivity contribution >= 4 is 27.4 Å². The highest BCUT2D eigenvalue weighted by atomic mass is 32.1. The lowest BCUT2D eigenvalue weighted by atomic mass is 10.1. The van der Waals surface area contributed by atoms with Crippen LogP contribution in [0.1, 0.15) is 34.6 Å². The first-order valence-corrected chi connectivity index (χ1v) is 9.64. The first-order valence-electron chi connectivity index (χ1n) is 8.76. The Morgan fingerprint density at radius 1 is 1.11 bits per heavy atom. The first kappa shape index (κ1) is 19.4. The molecule has 27 heavy (non-hydrogen) atoms. The van der Waals surface area contributed by atoms with Crippen molar-refractivity contribution in [2.45, 2.75) is 46.3 Å². The van der Waals surface area contributed by atoms with E-state index in [-0.39, 0.29) is 17.3 Å². The molecule has 0 amide bonds. The van der Waals surface area contributed by atoms with Gasteiger partial charge in [0.1, 0.15) is 22.6 Å². The summed E-state index contributed by atoms with van der Waals surface area (Å²) >= 11 is 1.49. The van der Waals surface area contributed by atoms with Gasteiger partial charge in [-0.25, -0.2) is 14.4 Å². The number of hydrogen-bond acceptors (Lipinski definition) is 6. The van der Waals surface area contributed by atoms with Crippen molar-refractivity contribution < 1.29 is 13.9 Å². The number of hydrogen-bond donors (Lipinski definition) is 1. The van der Waals surface area contributed by atoms with E-state index in [4.69, 9.17) is 9.47 Å². The average molecular weight is 389 g/mol. The van der Waals surface area contributed by atoms with Crippen LogP contribution in [0.2, 0.25) is 0 Å². The summed E-state index contributed by atoms with van der Waals surface area (Å²) in [4.78, 5) is 9.09. The van der Waals surface area contributed by atoms with Crippen LogP contribution in [0.4, 0.5) is 9.52 Å². The molecule has 7 heteroatoms. The van der Waals surface area contributed by atoms with E-state index in [0.717, 1.165) is 5.13 Å². The molecule has 0 aliphatic heterocycles. The van der Waals surface area contributed by atoms with Gasteiger partial charge in [-0.3, -0.25) is 0 Å². The summed E-state index contributed by atoms with van der Waals surface area (Å²) in [6.45, 7) is 9.95. The quantitative estimate of drug-likeness (QED) is 0.624. The van der Waals surface area contributed by atoms with Gasteiger partial charge < -0.3 is 14.8 Å². The molecule has 1 aromatic carbocycles. The lowest BCUT2D eigenvalue weighted by Crippen LogP contribution is -2.23. The molecule has 3 aromatic rings. The van der Waals surface area contributed by atoms with Crippen LogP contribution in [0.5, 0.6) is 11.5 Å². The molecular formula is C20H24FN3O2S. The number of anilines is 1. The van der Waals surface area contributed by atoms with E-state index >= 15 is 0 Å². The van der Waals surface area contributed by atoms with Gasteiger partial charge in [-0.1, -0.05) is 0 Å². The van der Waals surface area contributed by atoms with Crippen LogP contribution in [0.15, 0.2) is 23.6 Å². The molecule has 5 nitrogen and oxygen atoms in total. The molecule has 0 atom stereocenters. The van der Waals surface area contributed by atoms with Gasteiger partial charge in [0.2, 0.25) is 0 Å². The minimum atomic E-state index is -0.508. The molecule has 0 aliphatic rings. The van der Waals surface area contributed by atoms with Crippen LogP contribution in [0.3, 0.4) is 0 Å². The van der Waals surface area contributed by atoms with Crippen LogP contribution in [-0.4, -0.2) is 28.7 Å². The smallest absolute Gasteiger partial charge is 0.191 e. The maximum Gasteiger partial charge on any atom is 0.191 e. The highest BCUT2D eigenvalue weighted by Gasteiger charge is 2.20. The fourth-order valence-electron chi connectivity index (χ4n) is 2.62. The van der Waals surface area contributed by atoms with Crippen LogP contribution in [-0.2, 0) is 0 Å². The van der Waals surface area contributed by atoms with Crippen LogP contribution < -0.4 is 14.8 Å². The molecule has 0 radical (unpaired) electrons. The molecule has 0 unspecified atom stereocenters. The summed E-state index contributed by atoms with van der Waals surface area (Å²) in [6.07, 6.45) is 0. The zero-order valence-electron chi connectivity index (χ0n) is 16.4. The van der Waals surface area contributed by atoms with Gasteiger partial charge in [-0.05, 0) is 46.8 Å². The number of halogens is 1. The fraction of sp³-hybridized carbons (Fsp3) is 0.400. The van der Waals surface area contributed by atoms with Crippen LogP contribution >= 0.6 is 11.3 Å². The third-order valence-electron chi connectivity index (χ3n) is 3.66. The predicted octanol–water partition coefficient (Wildman–Crippen LogP) is 5.50. The molecule has 2 aromatic heterocycles. The van der Waals surface area contributed by atoms with Crippen LogP contribution in [0.25, 0.3) is 22.3 Å². The molecule has 0 fully saturated rings. The fourth-order valence-corrected chi connectivity index (χ4v) is 3.47. The molecule has 2 heterocycles. The molecule has 1 N–H and O–H groups in total. The van der Waals surface area contributed by atoms with E-state index in [1.165, 1.54) is 18.4 Å². The Morgan fingerprint density at radius 3 is 2.48 bits per heavy atom. The van der Waals surface area contributed by atoms with Gasteiger partial charge >= 0.3 is 0 Å². The van der Waals surface area contributed by atoms with Crippen molar-refractivity contribution in [2.24, 2.45) is 0 Å². The van der Waals surface area contributed by atoms with Crippen molar-refractivity contribution in [3.63, 3.8) is 0 Å². The molecule has 0 spiro atoms. The SMILES string of the molecule is COc1ccc2c(OC(C)(C)C)cc(-c3csc(NC(C)C)n3)nc2c1F. The summed E-state index contributed by atoms with van der Waals surface area (Å²) in [5, 5.41) is 6.57. The minimum absolute atomic E-state index is 0.147. The van der Waals surface area contributed by atoms with Gasteiger partial charge in [-0.15, -0.1) is 11.3 Å². The highest BCUT2D eigenvalue weighted by molar-refractivity contribution is 7.14. The van der Waals surface area contributed by atoms with E-state index in [1.54, 1.807) is 12.1 Å². The number of nitrogens with one attached hydrogen (secondary N) is 1.